The van der Waals surface area contributed by atoms with Gasteiger partial charge in [0.25, 0.3) is 0 Å². The molecular formula is C20H34O. The average molecular weight is 290 g/mol. The quantitative estimate of drug-likeness (QED) is 0.589. The van der Waals surface area contributed by atoms with E-state index in [4.69, 9.17) is 4.74 Å². The van der Waals surface area contributed by atoms with E-state index in [1.807, 2.05) is 0 Å². The van der Waals surface area contributed by atoms with E-state index in [0.29, 0.717) is 16.9 Å². The lowest BCUT2D eigenvalue weighted by Crippen LogP contribution is -2.65. The molecule has 21 heavy (non-hydrogen) atoms. The van der Waals surface area contributed by atoms with Crippen LogP contribution in [-0.4, -0.2) is 12.7 Å². The summed E-state index contributed by atoms with van der Waals surface area (Å²) < 4.78 is 6.41. The van der Waals surface area contributed by atoms with Crippen molar-refractivity contribution in [3.05, 3.63) is 0 Å². The maximum Gasteiger partial charge on any atom is 0.0637 e. The molecule has 0 aromatic carbocycles. The van der Waals surface area contributed by atoms with Gasteiger partial charge >= 0.3 is 0 Å². The summed E-state index contributed by atoms with van der Waals surface area (Å²) in [5.74, 6) is 4.58. The van der Waals surface area contributed by atoms with Crippen LogP contribution in [0, 0.1) is 40.4 Å². The number of ether oxygens (including phenoxy) is 1. The van der Waals surface area contributed by atoms with Crippen molar-refractivity contribution < 1.29 is 4.74 Å². The van der Waals surface area contributed by atoms with E-state index in [2.05, 4.69) is 27.7 Å². The summed E-state index contributed by atoms with van der Waals surface area (Å²) in [6.45, 7) is 11.4. The Bertz CT molecular complexity index is 418. The average Bonchev–Trinajstić information content (AvgIpc) is 2.43. The molecule has 0 aromatic rings. The normalized spacial score (nSPS) is 60.0. The van der Waals surface area contributed by atoms with Crippen LogP contribution >= 0.6 is 0 Å². The van der Waals surface area contributed by atoms with Crippen molar-refractivity contribution in [3.8, 4) is 0 Å². The van der Waals surface area contributed by atoms with Gasteiger partial charge in [-0.15, -0.1) is 0 Å². The molecule has 0 N–H and O–H groups in total. The SMILES string of the molecule is C[C@@H]1CCC[C@@]2(C)[C@H]1C[C@H]1OCC[C@H]3[C@@H](C)CC[C@H]2C13C. The molecule has 0 bridgehead atoms. The van der Waals surface area contributed by atoms with E-state index in [0.717, 1.165) is 36.2 Å². The molecule has 0 aromatic heterocycles. The van der Waals surface area contributed by atoms with Gasteiger partial charge in [-0.3, -0.25) is 0 Å². The van der Waals surface area contributed by atoms with E-state index in [-0.39, 0.29) is 0 Å². The first-order valence-corrected chi connectivity index (χ1v) is 9.59. The standard InChI is InChI=1S/C20H34O/c1-13-6-5-10-19(3)16(13)12-18-20(4)15(9-11-21-18)14(2)7-8-17(19)20/h13-18H,5-12H2,1-4H3/t13-,14+,15+,16+,17-,18-,19+,20?/m1/s1. The molecule has 0 radical (unpaired) electrons. The monoisotopic (exact) mass is 290 g/mol. The van der Waals surface area contributed by atoms with Crippen LogP contribution in [0.3, 0.4) is 0 Å². The predicted molar refractivity (Wildman–Crippen MR) is 87.1 cm³/mol. The lowest BCUT2D eigenvalue weighted by atomic mass is 9.39. The molecule has 1 heteroatoms. The topological polar surface area (TPSA) is 9.23 Å². The first-order valence-electron chi connectivity index (χ1n) is 9.59. The molecule has 1 unspecified atom stereocenters. The Labute approximate surface area is 131 Å². The van der Waals surface area contributed by atoms with Gasteiger partial charge in [0.1, 0.15) is 0 Å². The minimum Gasteiger partial charge on any atom is -0.378 e. The van der Waals surface area contributed by atoms with Crippen LogP contribution in [0.25, 0.3) is 0 Å². The van der Waals surface area contributed by atoms with Gasteiger partial charge in [-0.05, 0) is 60.7 Å². The van der Waals surface area contributed by atoms with Crippen molar-refractivity contribution in [1.29, 1.82) is 0 Å². The Hall–Kier alpha value is -0.0400. The first-order chi connectivity index (χ1) is 9.98. The molecule has 1 heterocycles. The molecule has 1 nitrogen and oxygen atoms in total. The number of hydrogen-bond donors (Lipinski definition) is 0. The Kier molecular flexibility index (Phi) is 3.27. The van der Waals surface area contributed by atoms with E-state index in [1.54, 1.807) is 0 Å². The Morgan fingerprint density at radius 2 is 1.67 bits per heavy atom. The highest BCUT2D eigenvalue weighted by Gasteiger charge is 2.64. The van der Waals surface area contributed by atoms with Gasteiger partial charge < -0.3 is 4.74 Å². The Balaban J connectivity index is 1.77. The summed E-state index contributed by atoms with van der Waals surface area (Å²) >= 11 is 0. The predicted octanol–water partition coefficient (Wildman–Crippen LogP) is 5.29. The van der Waals surface area contributed by atoms with Crippen molar-refractivity contribution >= 4 is 0 Å². The summed E-state index contributed by atoms with van der Waals surface area (Å²) in [5, 5.41) is 0. The van der Waals surface area contributed by atoms with Gasteiger partial charge in [0.2, 0.25) is 0 Å². The van der Waals surface area contributed by atoms with Gasteiger partial charge in [-0.25, -0.2) is 0 Å². The van der Waals surface area contributed by atoms with E-state index in [9.17, 15) is 0 Å². The van der Waals surface area contributed by atoms with Gasteiger partial charge in [0, 0.05) is 12.0 Å². The third-order valence-electron chi connectivity index (χ3n) is 8.76. The van der Waals surface area contributed by atoms with Crippen molar-refractivity contribution in [2.24, 2.45) is 40.4 Å². The maximum absolute atomic E-state index is 6.41. The van der Waals surface area contributed by atoms with Crippen LogP contribution in [0.2, 0.25) is 0 Å². The molecule has 4 aliphatic rings. The van der Waals surface area contributed by atoms with E-state index >= 15 is 0 Å². The molecule has 1 saturated heterocycles. The molecule has 3 aliphatic carbocycles. The fourth-order valence-corrected chi connectivity index (χ4v) is 7.76. The number of fused-ring (bicyclic) bond motifs is 2. The van der Waals surface area contributed by atoms with Gasteiger partial charge in [0.05, 0.1) is 6.10 Å². The van der Waals surface area contributed by atoms with Gasteiger partial charge in [-0.2, -0.15) is 0 Å². The summed E-state index contributed by atoms with van der Waals surface area (Å²) in [6, 6.07) is 0. The highest BCUT2D eigenvalue weighted by Crippen LogP contribution is 2.68. The molecule has 0 amide bonds. The number of hydrogen-bond acceptors (Lipinski definition) is 1. The first kappa shape index (κ1) is 14.5. The second-order valence-corrected chi connectivity index (χ2v) is 9.45. The third kappa shape index (κ3) is 1.79. The fraction of sp³-hybridized carbons (Fsp3) is 1.00. The van der Waals surface area contributed by atoms with Crippen molar-refractivity contribution in [2.75, 3.05) is 6.61 Å². The fourth-order valence-electron chi connectivity index (χ4n) is 7.76. The lowest BCUT2D eigenvalue weighted by Gasteiger charge is -2.68. The second kappa shape index (κ2) is 4.73. The summed E-state index contributed by atoms with van der Waals surface area (Å²) in [6.07, 6.45) is 10.6. The molecule has 0 spiro atoms. The van der Waals surface area contributed by atoms with Crippen LogP contribution in [-0.2, 0) is 4.74 Å². The molecule has 4 rings (SSSR count). The van der Waals surface area contributed by atoms with Crippen LogP contribution in [0.15, 0.2) is 0 Å². The molecule has 8 atom stereocenters. The minimum absolute atomic E-state index is 0.470. The Morgan fingerprint density at radius 3 is 2.48 bits per heavy atom. The summed E-state index contributed by atoms with van der Waals surface area (Å²) in [7, 11) is 0. The smallest absolute Gasteiger partial charge is 0.0637 e. The number of rotatable bonds is 0. The zero-order chi connectivity index (χ0) is 14.8. The summed E-state index contributed by atoms with van der Waals surface area (Å²) in [5.41, 5.74) is 1.07. The molecule has 4 fully saturated rings. The van der Waals surface area contributed by atoms with Gasteiger partial charge in [0.15, 0.2) is 0 Å². The Morgan fingerprint density at radius 1 is 0.905 bits per heavy atom. The van der Waals surface area contributed by atoms with Crippen molar-refractivity contribution in [2.45, 2.75) is 78.7 Å². The van der Waals surface area contributed by atoms with Gasteiger partial charge in [-0.1, -0.05) is 47.0 Å². The molecule has 3 saturated carbocycles. The zero-order valence-electron chi connectivity index (χ0n) is 14.5. The third-order valence-corrected chi connectivity index (χ3v) is 8.76. The van der Waals surface area contributed by atoms with Crippen LogP contribution in [0.5, 0.6) is 0 Å². The minimum atomic E-state index is 0.470. The lowest BCUT2D eigenvalue weighted by molar-refractivity contribution is -0.251. The van der Waals surface area contributed by atoms with Crippen molar-refractivity contribution in [1.82, 2.24) is 0 Å². The highest BCUT2D eigenvalue weighted by molar-refractivity contribution is 5.13. The molecule has 1 aliphatic heterocycles. The highest BCUT2D eigenvalue weighted by atomic mass is 16.5. The molecular weight excluding hydrogens is 256 g/mol. The van der Waals surface area contributed by atoms with Crippen LogP contribution in [0.1, 0.15) is 72.6 Å². The maximum atomic E-state index is 6.41. The van der Waals surface area contributed by atoms with E-state index < -0.39 is 0 Å². The van der Waals surface area contributed by atoms with Crippen molar-refractivity contribution in [3.63, 3.8) is 0 Å². The van der Waals surface area contributed by atoms with Crippen LogP contribution in [0.4, 0.5) is 0 Å². The largest absolute Gasteiger partial charge is 0.378 e. The zero-order valence-corrected chi connectivity index (χ0v) is 14.5. The second-order valence-electron chi connectivity index (χ2n) is 9.45. The summed E-state index contributed by atoms with van der Waals surface area (Å²) in [4.78, 5) is 0. The van der Waals surface area contributed by atoms with E-state index in [1.165, 1.54) is 44.9 Å². The van der Waals surface area contributed by atoms with Crippen LogP contribution < -0.4 is 0 Å². The molecule has 120 valence electrons.